The summed E-state index contributed by atoms with van der Waals surface area (Å²) in [5.74, 6) is 0.552. The molecule has 0 aliphatic heterocycles. The highest BCUT2D eigenvalue weighted by Gasteiger charge is 2.04. The van der Waals surface area contributed by atoms with Crippen molar-refractivity contribution in [3.05, 3.63) is 53.7 Å². The molecule has 0 saturated heterocycles. The lowest BCUT2D eigenvalue weighted by Crippen LogP contribution is -2.30. The SMILES string of the molecule is CNC(=S)N/N=C(/C)C(C)N=Nc1ccc(/C=C/c2ccc(N(C)C)cc2)cn1. The minimum Gasteiger partial charge on any atom is -0.378 e. The number of hydrogen-bond donors (Lipinski definition) is 2. The average molecular weight is 410 g/mol. The summed E-state index contributed by atoms with van der Waals surface area (Å²) in [6, 6.07) is 12.0. The van der Waals surface area contributed by atoms with Crippen molar-refractivity contribution < 1.29 is 0 Å². The molecule has 2 aromatic rings. The summed E-state index contributed by atoms with van der Waals surface area (Å²) < 4.78 is 0. The number of hydrazone groups is 1. The maximum atomic E-state index is 4.98. The van der Waals surface area contributed by atoms with Crippen LogP contribution in [0.5, 0.6) is 0 Å². The van der Waals surface area contributed by atoms with Gasteiger partial charge in [-0.05, 0) is 61.5 Å². The summed E-state index contributed by atoms with van der Waals surface area (Å²) >= 11 is 4.98. The average Bonchev–Trinajstić information content (AvgIpc) is 2.74. The highest BCUT2D eigenvalue weighted by molar-refractivity contribution is 7.80. The van der Waals surface area contributed by atoms with Gasteiger partial charge in [0.25, 0.3) is 0 Å². The maximum absolute atomic E-state index is 4.98. The molecule has 1 heterocycles. The molecule has 2 N–H and O–H groups in total. The Morgan fingerprint density at radius 1 is 1.10 bits per heavy atom. The zero-order valence-electron chi connectivity index (χ0n) is 17.4. The summed E-state index contributed by atoms with van der Waals surface area (Å²) in [4.78, 5) is 6.42. The Hall–Kier alpha value is -3.13. The van der Waals surface area contributed by atoms with E-state index < -0.39 is 0 Å². The highest BCUT2D eigenvalue weighted by atomic mass is 32.1. The lowest BCUT2D eigenvalue weighted by Gasteiger charge is -2.11. The van der Waals surface area contributed by atoms with Crippen LogP contribution >= 0.6 is 12.2 Å². The lowest BCUT2D eigenvalue weighted by molar-refractivity contribution is 0.856. The molecule has 1 unspecified atom stereocenters. The number of aromatic nitrogens is 1. The molecule has 8 heteroatoms. The van der Waals surface area contributed by atoms with Gasteiger partial charge in [0.2, 0.25) is 0 Å². The van der Waals surface area contributed by atoms with E-state index in [9.17, 15) is 0 Å². The molecular weight excluding hydrogens is 382 g/mol. The number of rotatable bonds is 7. The van der Waals surface area contributed by atoms with E-state index in [-0.39, 0.29) is 6.04 Å². The second kappa shape index (κ2) is 11.0. The number of nitrogens with one attached hydrogen (secondary N) is 2. The van der Waals surface area contributed by atoms with E-state index in [1.54, 1.807) is 13.2 Å². The Morgan fingerprint density at radius 3 is 2.34 bits per heavy atom. The summed E-state index contributed by atoms with van der Waals surface area (Å²) in [5.41, 5.74) is 6.81. The quantitative estimate of drug-likeness (QED) is 0.309. The molecule has 7 nitrogen and oxygen atoms in total. The number of pyridine rings is 1. The molecule has 29 heavy (non-hydrogen) atoms. The van der Waals surface area contributed by atoms with Gasteiger partial charge in [-0.2, -0.15) is 10.2 Å². The van der Waals surface area contributed by atoms with E-state index in [4.69, 9.17) is 12.2 Å². The number of benzene rings is 1. The van der Waals surface area contributed by atoms with Gasteiger partial charge in [-0.1, -0.05) is 24.3 Å². The van der Waals surface area contributed by atoms with Crippen molar-refractivity contribution in [2.45, 2.75) is 19.9 Å². The Morgan fingerprint density at radius 2 is 1.76 bits per heavy atom. The summed E-state index contributed by atoms with van der Waals surface area (Å²) in [6.45, 7) is 3.77. The Kier molecular flexibility index (Phi) is 8.42. The second-order valence-electron chi connectivity index (χ2n) is 6.60. The first-order valence-corrected chi connectivity index (χ1v) is 9.64. The zero-order valence-corrected chi connectivity index (χ0v) is 18.2. The van der Waals surface area contributed by atoms with Crippen molar-refractivity contribution in [1.82, 2.24) is 15.7 Å². The van der Waals surface area contributed by atoms with Gasteiger partial charge in [0.05, 0.1) is 5.71 Å². The number of thiocarbonyl (C=S) groups is 1. The van der Waals surface area contributed by atoms with Crippen LogP contribution in [0.1, 0.15) is 25.0 Å². The van der Waals surface area contributed by atoms with Crippen LogP contribution in [0.4, 0.5) is 11.5 Å². The molecule has 0 saturated carbocycles. The van der Waals surface area contributed by atoms with Crippen molar-refractivity contribution in [2.24, 2.45) is 15.3 Å². The number of anilines is 1. The van der Waals surface area contributed by atoms with E-state index in [0.717, 1.165) is 16.8 Å². The topological polar surface area (TPSA) is 77.3 Å². The first-order valence-electron chi connectivity index (χ1n) is 9.23. The molecule has 0 amide bonds. The lowest BCUT2D eigenvalue weighted by atomic mass is 10.1. The third kappa shape index (κ3) is 7.42. The second-order valence-corrected chi connectivity index (χ2v) is 7.01. The van der Waals surface area contributed by atoms with Crippen LogP contribution in [-0.2, 0) is 0 Å². The molecule has 1 aromatic heterocycles. The highest BCUT2D eigenvalue weighted by Crippen LogP contribution is 2.16. The van der Waals surface area contributed by atoms with E-state index in [0.29, 0.717) is 10.9 Å². The van der Waals surface area contributed by atoms with Crippen LogP contribution in [0.25, 0.3) is 12.2 Å². The van der Waals surface area contributed by atoms with Gasteiger partial charge in [0, 0.05) is 33.0 Å². The van der Waals surface area contributed by atoms with Crippen molar-refractivity contribution in [3.63, 3.8) is 0 Å². The molecule has 152 valence electrons. The molecule has 1 atom stereocenters. The van der Waals surface area contributed by atoms with Gasteiger partial charge in [-0.15, -0.1) is 5.11 Å². The normalized spacial score (nSPS) is 12.9. The molecule has 0 aliphatic rings. The van der Waals surface area contributed by atoms with E-state index in [2.05, 4.69) is 66.3 Å². The van der Waals surface area contributed by atoms with E-state index >= 15 is 0 Å². The van der Waals surface area contributed by atoms with Gasteiger partial charge in [0.1, 0.15) is 6.04 Å². The van der Waals surface area contributed by atoms with Crippen molar-refractivity contribution in [2.75, 3.05) is 26.0 Å². The summed E-state index contributed by atoms with van der Waals surface area (Å²) in [6.07, 6.45) is 5.86. The molecule has 0 radical (unpaired) electrons. The van der Waals surface area contributed by atoms with Crippen molar-refractivity contribution in [3.8, 4) is 0 Å². The van der Waals surface area contributed by atoms with Crippen LogP contribution in [0.3, 0.4) is 0 Å². The van der Waals surface area contributed by atoms with Gasteiger partial charge in [-0.25, -0.2) is 4.98 Å². The molecule has 0 aliphatic carbocycles. The molecule has 0 bridgehead atoms. The van der Waals surface area contributed by atoms with Crippen LogP contribution in [0.15, 0.2) is 57.9 Å². The van der Waals surface area contributed by atoms with Crippen molar-refractivity contribution in [1.29, 1.82) is 0 Å². The van der Waals surface area contributed by atoms with Crippen LogP contribution < -0.4 is 15.6 Å². The minimum atomic E-state index is -0.186. The third-order valence-electron chi connectivity index (χ3n) is 4.15. The standard InChI is InChI=1S/C21H27N7S/c1-15(16(2)25-27-21(29)22-3)24-26-20-13-10-18(14-23-20)7-6-17-8-11-19(12-9-17)28(4)5/h6-15H,1-5H3,(H2,22,27,29)/b7-6+,25-16-,26-24?. The van der Waals surface area contributed by atoms with Gasteiger partial charge in [-0.3, -0.25) is 5.43 Å². The number of hydrogen-bond acceptors (Lipinski definition) is 6. The predicted octanol–water partition coefficient (Wildman–Crippen LogP) is 4.26. The minimum absolute atomic E-state index is 0.186. The molecule has 0 spiro atoms. The zero-order chi connectivity index (χ0) is 21.2. The summed E-state index contributed by atoms with van der Waals surface area (Å²) in [5, 5.41) is 15.8. The van der Waals surface area contributed by atoms with Crippen LogP contribution in [0, 0.1) is 0 Å². The summed E-state index contributed by atoms with van der Waals surface area (Å²) in [7, 11) is 5.79. The van der Waals surface area contributed by atoms with Crippen LogP contribution in [0.2, 0.25) is 0 Å². The Balaban J connectivity index is 1.95. The Labute approximate surface area is 177 Å². The third-order valence-corrected chi connectivity index (χ3v) is 4.44. The molecule has 2 rings (SSSR count). The van der Waals surface area contributed by atoms with Gasteiger partial charge in [0.15, 0.2) is 10.9 Å². The fourth-order valence-corrected chi connectivity index (χ4v) is 2.19. The fourth-order valence-electron chi connectivity index (χ4n) is 2.15. The predicted molar refractivity (Wildman–Crippen MR) is 126 cm³/mol. The first-order chi connectivity index (χ1) is 13.9. The Bertz CT molecular complexity index is 884. The van der Waals surface area contributed by atoms with Gasteiger partial charge >= 0.3 is 0 Å². The largest absolute Gasteiger partial charge is 0.378 e. The molecule has 1 aromatic carbocycles. The van der Waals surface area contributed by atoms with E-state index in [1.807, 2.05) is 46.2 Å². The fraction of sp³-hybridized carbons (Fsp3) is 0.286. The number of nitrogens with zero attached hydrogens (tertiary/aromatic N) is 5. The smallest absolute Gasteiger partial charge is 0.186 e. The number of azo groups is 1. The van der Waals surface area contributed by atoms with Crippen molar-refractivity contribution >= 4 is 46.7 Å². The maximum Gasteiger partial charge on any atom is 0.186 e. The van der Waals surface area contributed by atoms with Crippen LogP contribution in [-0.4, -0.2) is 43.0 Å². The van der Waals surface area contributed by atoms with E-state index in [1.165, 1.54) is 5.69 Å². The molecular formula is C21H27N7S. The first kappa shape index (κ1) is 22.2. The van der Waals surface area contributed by atoms with Gasteiger partial charge < -0.3 is 10.2 Å². The monoisotopic (exact) mass is 409 g/mol. The molecule has 0 fully saturated rings.